The minimum Gasteiger partial charge on any atom is -0.278 e. The van der Waals surface area contributed by atoms with Crippen LogP contribution in [0.15, 0.2) is 140 Å². The molecule has 0 saturated heterocycles. The largest absolute Gasteiger partial charge is 0.278 e. The molecule has 212 valence electrons. The van der Waals surface area contributed by atoms with Crippen LogP contribution in [0.4, 0.5) is 0 Å². The van der Waals surface area contributed by atoms with Gasteiger partial charge in [-0.25, -0.2) is 9.97 Å². The molecule has 7 aromatic carbocycles. The smallest absolute Gasteiger partial charge is 0.235 e. The molecule has 0 N–H and O–H groups in total. The molecule has 0 spiro atoms. The maximum Gasteiger partial charge on any atom is 0.235 e. The van der Waals surface area contributed by atoms with Crippen molar-refractivity contribution in [3.8, 4) is 39.5 Å². The molecule has 3 nitrogen and oxygen atoms in total. The molecule has 0 amide bonds. The summed E-state index contributed by atoms with van der Waals surface area (Å²) in [6.45, 7) is 0. The van der Waals surface area contributed by atoms with Crippen molar-refractivity contribution in [2.45, 2.75) is 0 Å². The Balaban J connectivity index is 1.41. The van der Waals surface area contributed by atoms with E-state index in [9.17, 15) is 0 Å². The highest BCUT2D eigenvalue weighted by Gasteiger charge is 2.28. The Labute approximate surface area is 267 Å². The highest BCUT2D eigenvalue weighted by Crippen LogP contribution is 2.54. The summed E-state index contributed by atoms with van der Waals surface area (Å²) < 4.78 is 4.89. The van der Waals surface area contributed by atoms with E-state index in [-0.39, 0.29) is 0 Å². The maximum absolute atomic E-state index is 5.39. The molecule has 0 radical (unpaired) electrons. The van der Waals surface area contributed by atoms with Gasteiger partial charge in [-0.1, -0.05) is 115 Å². The van der Waals surface area contributed by atoms with Gasteiger partial charge in [0.1, 0.15) is 0 Å². The number of benzene rings is 7. The number of nitrogens with zero attached hydrogens (tertiary/aromatic N) is 3. The second kappa shape index (κ2) is 8.87. The quantitative estimate of drug-likeness (QED) is 0.197. The monoisotopic (exact) mass is 601 g/mol. The molecule has 11 rings (SSSR count). The number of para-hydroxylation sites is 1. The Hall–Kier alpha value is -5.84. The van der Waals surface area contributed by atoms with Gasteiger partial charge in [0.25, 0.3) is 0 Å². The van der Waals surface area contributed by atoms with Gasteiger partial charge in [-0.15, -0.1) is 11.3 Å². The van der Waals surface area contributed by atoms with E-state index in [4.69, 9.17) is 9.97 Å². The highest BCUT2D eigenvalue weighted by molar-refractivity contribution is 7.26. The van der Waals surface area contributed by atoms with Crippen molar-refractivity contribution in [2.24, 2.45) is 0 Å². The van der Waals surface area contributed by atoms with Crippen molar-refractivity contribution < 1.29 is 0 Å². The van der Waals surface area contributed by atoms with E-state index in [1.54, 1.807) is 0 Å². The molecule has 0 fully saturated rings. The van der Waals surface area contributed by atoms with E-state index in [2.05, 4.69) is 144 Å². The van der Waals surface area contributed by atoms with Gasteiger partial charge in [-0.05, 0) is 51.7 Å². The fourth-order valence-electron chi connectivity index (χ4n) is 7.87. The molecular formula is C42H23N3S. The van der Waals surface area contributed by atoms with E-state index in [0.717, 1.165) is 33.2 Å². The predicted molar refractivity (Wildman–Crippen MR) is 194 cm³/mol. The van der Waals surface area contributed by atoms with Crippen molar-refractivity contribution in [2.75, 3.05) is 0 Å². The molecule has 0 saturated carbocycles. The summed E-state index contributed by atoms with van der Waals surface area (Å²) >= 11 is 1.87. The first-order chi connectivity index (χ1) is 22.8. The lowest BCUT2D eigenvalue weighted by Gasteiger charge is -2.15. The van der Waals surface area contributed by atoms with Crippen molar-refractivity contribution in [3.63, 3.8) is 0 Å². The van der Waals surface area contributed by atoms with E-state index >= 15 is 0 Å². The van der Waals surface area contributed by atoms with Crippen LogP contribution >= 0.6 is 11.3 Å². The third-order valence-electron chi connectivity index (χ3n) is 9.73. The Morgan fingerprint density at radius 2 is 1.24 bits per heavy atom. The number of hydrogen-bond acceptors (Lipinski definition) is 3. The Morgan fingerprint density at radius 3 is 2.15 bits per heavy atom. The van der Waals surface area contributed by atoms with Gasteiger partial charge >= 0.3 is 0 Å². The van der Waals surface area contributed by atoms with Crippen LogP contribution in [0, 0.1) is 0 Å². The Bertz CT molecular complexity index is 2910. The molecule has 3 heterocycles. The molecule has 0 bridgehead atoms. The summed E-state index contributed by atoms with van der Waals surface area (Å²) in [4.78, 5) is 10.7. The van der Waals surface area contributed by atoms with Crippen LogP contribution in [0.5, 0.6) is 0 Å². The molecule has 0 unspecified atom stereocenters. The minimum atomic E-state index is 0.689. The fourth-order valence-corrected chi connectivity index (χ4v) is 9.01. The molecule has 0 aliphatic heterocycles. The molecule has 1 aliphatic rings. The average molecular weight is 602 g/mol. The summed E-state index contributed by atoms with van der Waals surface area (Å²) in [5.74, 6) is 0.689. The van der Waals surface area contributed by atoms with E-state index in [1.807, 2.05) is 11.3 Å². The summed E-state index contributed by atoms with van der Waals surface area (Å²) in [5, 5.41) is 8.75. The topological polar surface area (TPSA) is 30.7 Å². The van der Waals surface area contributed by atoms with Crippen LogP contribution in [0.1, 0.15) is 0 Å². The second-order valence-corrected chi connectivity index (χ2v) is 13.2. The molecule has 46 heavy (non-hydrogen) atoms. The number of rotatable bonds is 2. The van der Waals surface area contributed by atoms with Gasteiger partial charge in [0.2, 0.25) is 5.95 Å². The van der Waals surface area contributed by atoms with Gasteiger partial charge in [0, 0.05) is 47.5 Å². The van der Waals surface area contributed by atoms with Crippen molar-refractivity contribution in [3.05, 3.63) is 140 Å². The summed E-state index contributed by atoms with van der Waals surface area (Å²) in [6, 6.07) is 50.3. The second-order valence-electron chi connectivity index (χ2n) is 12.1. The van der Waals surface area contributed by atoms with Gasteiger partial charge in [-0.3, -0.25) is 4.57 Å². The fraction of sp³-hybridized carbons (Fsp3) is 0. The van der Waals surface area contributed by atoms with Gasteiger partial charge in [0.05, 0.1) is 22.2 Å². The SMILES string of the molecule is c1ccc(-c2nc(-n3c4cc5sc6ccccc6c5c5c4c4c6c(cccc6ccc43)-c3ccccc3-5)nc3ccccc23)cc1. The highest BCUT2D eigenvalue weighted by atomic mass is 32.1. The number of fused-ring (bicyclic) bond motifs is 8. The van der Waals surface area contributed by atoms with E-state index in [1.165, 1.54) is 64.0 Å². The van der Waals surface area contributed by atoms with Crippen LogP contribution < -0.4 is 0 Å². The number of aromatic nitrogens is 3. The molecule has 0 atom stereocenters. The third-order valence-corrected chi connectivity index (χ3v) is 10.8. The maximum atomic E-state index is 5.39. The van der Waals surface area contributed by atoms with Crippen molar-refractivity contribution in [1.82, 2.24) is 14.5 Å². The predicted octanol–water partition coefficient (Wildman–Crippen LogP) is 11.6. The average Bonchev–Trinajstić information content (AvgIpc) is 3.61. The molecule has 10 aromatic rings. The molecule has 3 aromatic heterocycles. The van der Waals surface area contributed by atoms with Gasteiger partial charge in [-0.2, -0.15) is 0 Å². The number of hydrogen-bond donors (Lipinski definition) is 0. The zero-order valence-electron chi connectivity index (χ0n) is 24.5. The van der Waals surface area contributed by atoms with Crippen molar-refractivity contribution >= 4 is 75.0 Å². The number of thiophene rings is 1. The lowest BCUT2D eigenvalue weighted by molar-refractivity contribution is 1.01. The molecule has 4 heteroatoms. The summed E-state index contributed by atoms with van der Waals surface area (Å²) in [5.41, 5.74) is 10.3. The minimum absolute atomic E-state index is 0.689. The van der Waals surface area contributed by atoms with Crippen LogP contribution in [0.2, 0.25) is 0 Å². The first-order valence-electron chi connectivity index (χ1n) is 15.6. The third kappa shape index (κ3) is 3.11. The van der Waals surface area contributed by atoms with Crippen LogP contribution in [-0.2, 0) is 0 Å². The van der Waals surface area contributed by atoms with Crippen molar-refractivity contribution in [1.29, 1.82) is 0 Å². The van der Waals surface area contributed by atoms with Crippen LogP contribution in [0.25, 0.3) is 103 Å². The van der Waals surface area contributed by atoms with Crippen LogP contribution in [-0.4, -0.2) is 14.5 Å². The summed E-state index contributed by atoms with van der Waals surface area (Å²) in [7, 11) is 0. The Morgan fingerprint density at radius 1 is 0.478 bits per heavy atom. The van der Waals surface area contributed by atoms with Gasteiger partial charge in [0.15, 0.2) is 0 Å². The van der Waals surface area contributed by atoms with Gasteiger partial charge < -0.3 is 0 Å². The first-order valence-corrected chi connectivity index (χ1v) is 16.4. The lowest BCUT2D eigenvalue weighted by atomic mass is 9.91. The Kier molecular flexibility index (Phi) is 4.72. The lowest BCUT2D eigenvalue weighted by Crippen LogP contribution is -2.03. The standard InChI is InChI=1S/C42H23N3S/c1-2-11-25(12-3-1)41-29-16-6-8-19-31(29)43-42(44-41)45-32-22-21-24-13-10-18-27-26-14-4-5-15-28(26)38-37-30-17-7-9-20-34(30)46-35(37)23-33(45)40(38)39(32)36(24)27/h1-23H. The first kappa shape index (κ1) is 24.5. The summed E-state index contributed by atoms with van der Waals surface area (Å²) in [6.07, 6.45) is 0. The van der Waals surface area contributed by atoms with Crippen LogP contribution in [0.3, 0.4) is 0 Å². The zero-order chi connectivity index (χ0) is 29.9. The molecule has 1 aliphatic carbocycles. The van der Waals surface area contributed by atoms with E-state index in [0.29, 0.717) is 5.95 Å². The molecular weight excluding hydrogens is 579 g/mol. The normalized spacial score (nSPS) is 12.3. The zero-order valence-corrected chi connectivity index (χ0v) is 25.3. The van der Waals surface area contributed by atoms with E-state index < -0.39 is 0 Å².